The fourth-order valence-electron chi connectivity index (χ4n) is 2.23. The van der Waals surface area contributed by atoms with Crippen molar-refractivity contribution in [2.75, 3.05) is 11.1 Å². The minimum absolute atomic E-state index is 0.0276. The van der Waals surface area contributed by atoms with Gasteiger partial charge in [0.2, 0.25) is 5.91 Å². The molecule has 3 nitrogen and oxygen atoms in total. The van der Waals surface area contributed by atoms with E-state index < -0.39 is 0 Å². The maximum absolute atomic E-state index is 12.1. The molecule has 0 radical (unpaired) electrons. The molecule has 4 heteroatoms. The second-order valence-electron chi connectivity index (χ2n) is 4.84. The lowest BCUT2D eigenvalue weighted by Gasteiger charge is -2.08. The summed E-state index contributed by atoms with van der Waals surface area (Å²) >= 11 is 1.59. The van der Waals surface area contributed by atoms with Crippen LogP contribution in [-0.2, 0) is 4.79 Å². The second kappa shape index (κ2) is 7.09. The molecular weight excluding hydrogens is 292 g/mol. The van der Waals surface area contributed by atoms with Gasteiger partial charge in [0.15, 0.2) is 0 Å². The van der Waals surface area contributed by atoms with Crippen LogP contribution in [0, 0.1) is 0 Å². The van der Waals surface area contributed by atoms with Crippen LogP contribution in [-0.4, -0.2) is 16.6 Å². The predicted molar refractivity (Wildman–Crippen MR) is 92.2 cm³/mol. The predicted octanol–water partition coefficient (Wildman–Crippen LogP) is 4.36. The van der Waals surface area contributed by atoms with E-state index in [0.717, 1.165) is 21.5 Å². The fourth-order valence-corrected chi connectivity index (χ4v) is 3.03. The number of hydrogen-bond donors (Lipinski definition) is 1. The van der Waals surface area contributed by atoms with Crippen LogP contribution in [0.3, 0.4) is 0 Å². The summed E-state index contributed by atoms with van der Waals surface area (Å²) in [5.41, 5.74) is 0.867. The van der Waals surface area contributed by atoms with Crippen LogP contribution in [0.15, 0.2) is 71.9 Å². The first kappa shape index (κ1) is 14.6. The molecule has 0 aliphatic heterocycles. The van der Waals surface area contributed by atoms with Crippen molar-refractivity contribution in [1.29, 1.82) is 0 Å². The number of pyridine rings is 1. The number of thioether (sulfide) groups is 1. The molecular formula is C18H16N2OS. The summed E-state index contributed by atoms with van der Waals surface area (Å²) in [6, 6.07) is 19.8. The van der Waals surface area contributed by atoms with Crippen molar-refractivity contribution in [2.45, 2.75) is 11.4 Å². The van der Waals surface area contributed by atoms with Gasteiger partial charge in [-0.3, -0.25) is 4.79 Å². The maximum atomic E-state index is 12.1. The van der Waals surface area contributed by atoms with Gasteiger partial charge < -0.3 is 5.32 Å². The van der Waals surface area contributed by atoms with Crippen molar-refractivity contribution in [3.63, 3.8) is 0 Å². The van der Waals surface area contributed by atoms with Crippen LogP contribution < -0.4 is 5.32 Å². The Bertz CT molecular complexity index is 769. The Balaban J connectivity index is 1.59. The summed E-state index contributed by atoms with van der Waals surface area (Å²) in [5, 5.41) is 6.14. The minimum atomic E-state index is 0.0276. The van der Waals surface area contributed by atoms with Crippen molar-refractivity contribution in [1.82, 2.24) is 4.98 Å². The first-order valence-electron chi connectivity index (χ1n) is 7.14. The summed E-state index contributed by atoms with van der Waals surface area (Å²) < 4.78 is 0. The third kappa shape index (κ3) is 3.65. The van der Waals surface area contributed by atoms with Crippen LogP contribution in [0.5, 0.6) is 0 Å². The van der Waals surface area contributed by atoms with Crippen LogP contribution in [0.2, 0.25) is 0 Å². The Morgan fingerprint density at radius 2 is 1.82 bits per heavy atom. The monoisotopic (exact) mass is 308 g/mol. The number of nitrogens with one attached hydrogen (secondary N) is 1. The van der Waals surface area contributed by atoms with E-state index in [1.165, 1.54) is 0 Å². The number of carbonyl (C=O) groups is 1. The first-order valence-corrected chi connectivity index (χ1v) is 8.13. The molecule has 110 valence electrons. The smallest absolute Gasteiger partial charge is 0.225 e. The van der Waals surface area contributed by atoms with Crippen LogP contribution in [0.25, 0.3) is 10.8 Å². The number of anilines is 1. The number of hydrogen-bond acceptors (Lipinski definition) is 3. The van der Waals surface area contributed by atoms with E-state index in [4.69, 9.17) is 0 Å². The topological polar surface area (TPSA) is 42.0 Å². The SMILES string of the molecule is O=C(CCSc1ccccn1)Nc1cccc2ccccc12. The summed E-state index contributed by atoms with van der Waals surface area (Å²) in [6.45, 7) is 0. The zero-order valence-corrected chi connectivity index (χ0v) is 12.8. The van der Waals surface area contributed by atoms with Gasteiger partial charge in [-0.15, -0.1) is 11.8 Å². The fraction of sp³-hybridized carbons (Fsp3) is 0.111. The van der Waals surface area contributed by atoms with Gasteiger partial charge in [0, 0.05) is 29.4 Å². The highest BCUT2D eigenvalue weighted by Crippen LogP contribution is 2.23. The largest absolute Gasteiger partial charge is 0.325 e. The molecule has 0 spiro atoms. The molecule has 0 saturated carbocycles. The molecule has 0 aliphatic rings. The molecule has 3 rings (SSSR count). The molecule has 3 aromatic rings. The highest BCUT2D eigenvalue weighted by Gasteiger charge is 2.06. The zero-order chi connectivity index (χ0) is 15.2. The lowest BCUT2D eigenvalue weighted by Crippen LogP contribution is -2.12. The van der Waals surface area contributed by atoms with Gasteiger partial charge in [-0.05, 0) is 23.6 Å². The number of carbonyl (C=O) groups excluding carboxylic acids is 1. The molecule has 1 N–H and O–H groups in total. The Labute approximate surface area is 133 Å². The van der Waals surface area contributed by atoms with Crippen molar-refractivity contribution >= 4 is 34.1 Å². The Morgan fingerprint density at radius 3 is 2.68 bits per heavy atom. The van der Waals surface area contributed by atoms with Gasteiger partial charge in [-0.2, -0.15) is 0 Å². The molecule has 0 aliphatic carbocycles. The number of amides is 1. The molecule has 1 aromatic heterocycles. The highest BCUT2D eigenvalue weighted by atomic mass is 32.2. The minimum Gasteiger partial charge on any atom is -0.325 e. The molecule has 1 amide bonds. The summed E-state index contributed by atoms with van der Waals surface area (Å²) in [5.74, 6) is 0.743. The standard InChI is InChI=1S/C18H16N2OS/c21-17(11-13-22-18-10-3-4-12-19-18)20-16-9-5-7-14-6-1-2-8-15(14)16/h1-10,12H,11,13H2,(H,20,21). The van der Waals surface area contributed by atoms with Gasteiger partial charge in [0.05, 0.1) is 5.03 Å². The van der Waals surface area contributed by atoms with Crippen LogP contribution >= 0.6 is 11.8 Å². The van der Waals surface area contributed by atoms with E-state index in [9.17, 15) is 4.79 Å². The third-order valence-corrected chi connectivity index (χ3v) is 4.23. The van der Waals surface area contributed by atoms with Gasteiger partial charge in [0.25, 0.3) is 0 Å². The van der Waals surface area contributed by atoms with Gasteiger partial charge in [-0.1, -0.05) is 42.5 Å². The van der Waals surface area contributed by atoms with E-state index in [1.54, 1.807) is 18.0 Å². The molecule has 1 heterocycles. The van der Waals surface area contributed by atoms with Crippen LogP contribution in [0.1, 0.15) is 6.42 Å². The average molecular weight is 308 g/mol. The molecule has 0 saturated heterocycles. The van der Waals surface area contributed by atoms with Crippen molar-refractivity contribution in [3.05, 3.63) is 66.9 Å². The highest BCUT2D eigenvalue weighted by molar-refractivity contribution is 7.99. The summed E-state index contributed by atoms with van der Waals surface area (Å²) in [6.07, 6.45) is 2.23. The number of fused-ring (bicyclic) bond motifs is 1. The summed E-state index contributed by atoms with van der Waals surface area (Å²) in [7, 11) is 0. The Morgan fingerprint density at radius 1 is 1.00 bits per heavy atom. The number of nitrogens with zero attached hydrogens (tertiary/aromatic N) is 1. The molecule has 22 heavy (non-hydrogen) atoms. The Kier molecular flexibility index (Phi) is 4.71. The van der Waals surface area contributed by atoms with E-state index in [0.29, 0.717) is 12.2 Å². The Hall–Kier alpha value is -2.33. The van der Waals surface area contributed by atoms with E-state index in [1.807, 2.05) is 60.7 Å². The molecule has 0 fully saturated rings. The quantitative estimate of drug-likeness (QED) is 0.712. The molecule has 0 unspecified atom stereocenters. The third-order valence-electron chi connectivity index (χ3n) is 3.28. The van der Waals surface area contributed by atoms with Gasteiger partial charge in [0.1, 0.15) is 0 Å². The van der Waals surface area contributed by atoms with Gasteiger partial charge in [-0.25, -0.2) is 4.98 Å². The summed E-state index contributed by atoms with van der Waals surface area (Å²) in [4.78, 5) is 16.3. The lowest BCUT2D eigenvalue weighted by atomic mass is 10.1. The number of benzene rings is 2. The van der Waals surface area contributed by atoms with E-state index in [-0.39, 0.29) is 5.91 Å². The zero-order valence-electron chi connectivity index (χ0n) is 12.0. The molecule has 2 aromatic carbocycles. The molecule has 0 bridgehead atoms. The maximum Gasteiger partial charge on any atom is 0.225 e. The normalized spacial score (nSPS) is 10.5. The van der Waals surface area contributed by atoms with Crippen molar-refractivity contribution in [2.24, 2.45) is 0 Å². The van der Waals surface area contributed by atoms with Crippen molar-refractivity contribution in [3.8, 4) is 0 Å². The lowest BCUT2D eigenvalue weighted by molar-refractivity contribution is -0.115. The van der Waals surface area contributed by atoms with Crippen LogP contribution in [0.4, 0.5) is 5.69 Å². The second-order valence-corrected chi connectivity index (χ2v) is 5.96. The number of rotatable bonds is 5. The average Bonchev–Trinajstić information content (AvgIpc) is 2.56. The van der Waals surface area contributed by atoms with Crippen molar-refractivity contribution < 1.29 is 4.79 Å². The molecule has 0 atom stereocenters. The first-order chi connectivity index (χ1) is 10.8. The van der Waals surface area contributed by atoms with E-state index in [2.05, 4.69) is 10.3 Å². The van der Waals surface area contributed by atoms with E-state index >= 15 is 0 Å². The van der Waals surface area contributed by atoms with Gasteiger partial charge >= 0.3 is 0 Å². The number of aromatic nitrogens is 1.